The maximum absolute atomic E-state index is 14.9. The van der Waals surface area contributed by atoms with Gasteiger partial charge in [-0.3, -0.25) is 9.71 Å². The summed E-state index contributed by atoms with van der Waals surface area (Å²) in [5.74, 6) is 0.648. The Bertz CT molecular complexity index is 1490. The molecule has 0 radical (unpaired) electrons. The number of sulfonamides is 1. The van der Waals surface area contributed by atoms with Crippen LogP contribution in [0.1, 0.15) is 44.1 Å². The first-order valence-corrected chi connectivity index (χ1v) is 13.2. The molecule has 2 N–H and O–H groups in total. The van der Waals surface area contributed by atoms with Gasteiger partial charge in [0.15, 0.2) is 0 Å². The van der Waals surface area contributed by atoms with Crippen molar-refractivity contribution in [1.29, 1.82) is 0 Å². The number of nitrogens with zero attached hydrogens (tertiary/aromatic N) is 2. The van der Waals surface area contributed by atoms with Gasteiger partial charge >= 0.3 is 0 Å². The van der Waals surface area contributed by atoms with E-state index in [4.69, 9.17) is 4.98 Å². The number of halogens is 1. The molecule has 180 valence electrons. The van der Waals surface area contributed by atoms with Crippen molar-refractivity contribution < 1.29 is 12.8 Å². The molecule has 0 spiro atoms. The van der Waals surface area contributed by atoms with Crippen LogP contribution in [0.4, 0.5) is 10.1 Å². The van der Waals surface area contributed by atoms with E-state index in [1.807, 2.05) is 25.1 Å². The molecule has 2 aromatic carbocycles. The van der Waals surface area contributed by atoms with Crippen LogP contribution in [0.5, 0.6) is 0 Å². The Morgan fingerprint density at radius 1 is 1.00 bits per heavy atom. The highest BCUT2D eigenvalue weighted by atomic mass is 32.2. The number of hydrogen-bond acceptors (Lipinski definition) is 4. The maximum Gasteiger partial charge on any atom is 0.235 e. The average molecular weight is 491 g/mol. The summed E-state index contributed by atoms with van der Waals surface area (Å²) in [7, 11) is -3.35. The van der Waals surface area contributed by atoms with Crippen LogP contribution in [0.25, 0.3) is 33.8 Å². The number of hydrogen-bond donors (Lipinski definition) is 2. The van der Waals surface area contributed by atoms with Gasteiger partial charge in [0.2, 0.25) is 10.0 Å². The monoisotopic (exact) mass is 490 g/mol. The molecule has 0 atom stereocenters. The van der Waals surface area contributed by atoms with Crippen LogP contribution in [-0.2, 0) is 10.0 Å². The lowest BCUT2D eigenvalue weighted by Crippen LogP contribution is -2.17. The molecule has 0 aliphatic heterocycles. The van der Waals surface area contributed by atoms with Gasteiger partial charge in [-0.25, -0.2) is 17.8 Å². The van der Waals surface area contributed by atoms with E-state index in [0.717, 1.165) is 34.2 Å². The van der Waals surface area contributed by atoms with Crippen LogP contribution in [0.3, 0.4) is 0 Å². The smallest absolute Gasteiger partial charge is 0.235 e. The van der Waals surface area contributed by atoms with Crippen LogP contribution in [0.2, 0.25) is 0 Å². The Morgan fingerprint density at radius 2 is 1.71 bits per heavy atom. The SMILES string of the molecule is Cc1cccc(-c2nc(C(C)C)[nH]c2-c2ccc(F)c(-c3ccc(NS(=O)(=O)C4CC4)cc3)c2)n1. The molecule has 1 saturated carbocycles. The highest BCUT2D eigenvalue weighted by molar-refractivity contribution is 7.93. The minimum Gasteiger partial charge on any atom is -0.341 e. The highest BCUT2D eigenvalue weighted by Crippen LogP contribution is 2.35. The summed E-state index contributed by atoms with van der Waals surface area (Å²) in [6.45, 7) is 6.06. The van der Waals surface area contributed by atoms with E-state index in [2.05, 4.69) is 28.5 Å². The number of benzene rings is 2. The number of anilines is 1. The Labute approximate surface area is 204 Å². The third kappa shape index (κ3) is 4.84. The highest BCUT2D eigenvalue weighted by Gasteiger charge is 2.35. The molecule has 6 nitrogen and oxygen atoms in total. The van der Waals surface area contributed by atoms with Crippen molar-refractivity contribution in [3.63, 3.8) is 0 Å². The second-order valence-corrected chi connectivity index (χ2v) is 11.2. The van der Waals surface area contributed by atoms with Gasteiger partial charge in [0.25, 0.3) is 0 Å². The summed E-state index contributed by atoms with van der Waals surface area (Å²) >= 11 is 0. The summed E-state index contributed by atoms with van der Waals surface area (Å²) in [6.07, 6.45) is 1.38. The van der Waals surface area contributed by atoms with Crippen molar-refractivity contribution in [1.82, 2.24) is 15.0 Å². The molecule has 0 unspecified atom stereocenters. The van der Waals surface area contributed by atoms with Gasteiger partial charge in [-0.15, -0.1) is 0 Å². The van der Waals surface area contributed by atoms with Crippen LogP contribution in [0.15, 0.2) is 60.7 Å². The molecule has 0 bridgehead atoms. The largest absolute Gasteiger partial charge is 0.341 e. The van der Waals surface area contributed by atoms with Gasteiger partial charge < -0.3 is 4.98 Å². The number of aromatic amines is 1. The van der Waals surface area contributed by atoms with Crippen molar-refractivity contribution in [2.75, 3.05) is 4.72 Å². The molecule has 0 amide bonds. The summed E-state index contributed by atoms with van der Waals surface area (Å²) < 4.78 is 41.9. The minimum atomic E-state index is -3.35. The van der Waals surface area contributed by atoms with Gasteiger partial charge in [-0.05, 0) is 67.8 Å². The standard InChI is InChI=1S/C27H27FN4O2S/c1-16(2)27-30-25(26(31-27)24-6-4-5-17(3)29-24)19-9-14-23(28)22(15-19)18-7-10-20(11-8-18)32-35(33,34)21-12-13-21/h4-11,14-16,21,32H,12-13H2,1-3H3,(H,30,31). The molecular formula is C27H27FN4O2S. The van der Waals surface area contributed by atoms with Crippen molar-refractivity contribution >= 4 is 15.7 Å². The first kappa shape index (κ1) is 23.2. The minimum absolute atomic E-state index is 0.180. The fourth-order valence-corrected chi connectivity index (χ4v) is 5.37. The van der Waals surface area contributed by atoms with Crippen LogP contribution >= 0.6 is 0 Å². The van der Waals surface area contributed by atoms with Crippen molar-refractivity contribution in [3.8, 4) is 33.8 Å². The zero-order valence-electron chi connectivity index (χ0n) is 19.8. The first-order chi connectivity index (χ1) is 16.7. The predicted molar refractivity (Wildman–Crippen MR) is 137 cm³/mol. The third-order valence-electron chi connectivity index (χ3n) is 6.07. The molecule has 2 heterocycles. The molecule has 35 heavy (non-hydrogen) atoms. The van der Waals surface area contributed by atoms with E-state index in [9.17, 15) is 12.8 Å². The number of rotatable bonds is 7. The van der Waals surface area contributed by atoms with Gasteiger partial charge in [-0.1, -0.05) is 32.0 Å². The van der Waals surface area contributed by atoms with E-state index in [1.165, 1.54) is 6.07 Å². The van der Waals surface area contributed by atoms with Gasteiger partial charge in [-0.2, -0.15) is 0 Å². The Hall–Kier alpha value is -3.52. The van der Waals surface area contributed by atoms with Crippen LogP contribution in [-0.4, -0.2) is 28.6 Å². The molecule has 1 aliphatic rings. The zero-order valence-corrected chi connectivity index (χ0v) is 20.7. The van der Waals surface area contributed by atoms with E-state index < -0.39 is 10.0 Å². The molecule has 1 aliphatic carbocycles. The van der Waals surface area contributed by atoms with Crippen molar-refractivity contribution in [2.45, 2.75) is 44.8 Å². The quantitative estimate of drug-likeness (QED) is 0.319. The zero-order chi connectivity index (χ0) is 24.7. The van der Waals surface area contributed by atoms with Crippen molar-refractivity contribution in [3.05, 3.63) is 78.0 Å². The number of pyridine rings is 1. The van der Waals surface area contributed by atoms with Gasteiger partial charge in [0.05, 0.1) is 16.6 Å². The predicted octanol–water partition coefficient (Wildman–Crippen LogP) is 6.28. The lowest BCUT2D eigenvalue weighted by atomic mass is 9.99. The molecule has 2 aromatic heterocycles. The fourth-order valence-electron chi connectivity index (χ4n) is 3.98. The molecule has 0 saturated heterocycles. The van der Waals surface area contributed by atoms with Crippen LogP contribution < -0.4 is 4.72 Å². The Kier molecular flexibility index (Phi) is 5.92. The van der Waals surface area contributed by atoms with E-state index in [0.29, 0.717) is 29.7 Å². The lowest BCUT2D eigenvalue weighted by molar-refractivity contribution is 0.600. The number of nitrogens with one attached hydrogen (secondary N) is 2. The summed E-state index contributed by atoms with van der Waals surface area (Å²) in [6, 6.07) is 17.5. The van der Waals surface area contributed by atoms with Gasteiger partial charge in [0.1, 0.15) is 17.3 Å². The molecule has 1 fully saturated rings. The molecular weight excluding hydrogens is 463 g/mol. The van der Waals surface area contributed by atoms with Gasteiger partial charge in [0, 0.05) is 28.4 Å². The lowest BCUT2D eigenvalue weighted by Gasteiger charge is -2.10. The molecule has 8 heteroatoms. The van der Waals surface area contributed by atoms with E-state index >= 15 is 0 Å². The Balaban J connectivity index is 1.52. The second-order valence-electron chi connectivity index (χ2n) is 9.28. The number of H-pyrrole nitrogens is 1. The van der Waals surface area contributed by atoms with E-state index in [1.54, 1.807) is 36.4 Å². The van der Waals surface area contributed by atoms with E-state index in [-0.39, 0.29) is 17.0 Å². The summed E-state index contributed by atoms with van der Waals surface area (Å²) in [5.41, 5.74) is 5.47. The summed E-state index contributed by atoms with van der Waals surface area (Å²) in [5, 5.41) is -0.307. The third-order valence-corrected chi connectivity index (χ3v) is 7.94. The fraction of sp³-hybridized carbons (Fsp3) is 0.259. The second kappa shape index (κ2) is 8.92. The van der Waals surface area contributed by atoms with Crippen LogP contribution in [0, 0.1) is 12.7 Å². The molecule has 4 aromatic rings. The first-order valence-electron chi connectivity index (χ1n) is 11.7. The maximum atomic E-state index is 14.9. The Morgan fingerprint density at radius 3 is 2.37 bits per heavy atom. The number of aromatic nitrogens is 3. The number of imidazole rings is 1. The molecule has 5 rings (SSSR count). The van der Waals surface area contributed by atoms with Crippen molar-refractivity contribution in [2.24, 2.45) is 0 Å². The normalized spacial score (nSPS) is 13.9. The summed E-state index contributed by atoms with van der Waals surface area (Å²) in [4.78, 5) is 12.9. The topological polar surface area (TPSA) is 87.7 Å². The average Bonchev–Trinajstić information content (AvgIpc) is 3.59. The number of aryl methyl sites for hydroxylation is 1.